The lowest BCUT2D eigenvalue weighted by Gasteiger charge is -2.16. The van der Waals surface area contributed by atoms with Crippen molar-refractivity contribution < 1.29 is 0 Å². The number of likely N-dealkylation sites (N-methyl/N-ethyl adjacent to an activating group) is 1. The number of hydrogen-bond acceptors (Lipinski definition) is 2. The summed E-state index contributed by atoms with van der Waals surface area (Å²) in [4.78, 5) is 4.35. The van der Waals surface area contributed by atoms with Gasteiger partial charge >= 0.3 is 0 Å². The van der Waals surface area contributed by atoms with Crippen LogP contribution in [0.3, 0.4) is 0 Å². The zero-order valence-corrected chi connectivity index (χ0v) is 12.5. The minimum atomic E-state index is 0.318. The molecule has 2 aromatic rings. The van der Waals surface area contributed by atoms with Crippen LogP contribution in [0.2, 0.25) is 10.0 Å². The highest BCUT2D eigenvalue weighted by Crippen LogP contribution is 2.23. The van der Waals surface area contributed by atoms with E-state index in [1.807, 2.05) is 49.3 Å². The molecule has 1 N–H and O–H groups in total. The second-order valence-electron chi connectivity index (χ2n) is 4.60. The quantitative estimate of drug-likeness (QED) is 0.919. The number of halogens is 2. The van der Waals surface area contributed by atoms with Gasteiger partial charge in [-0.05, 0) is 31.2 Å². The molecule has 0 aliphatic rings. The summed E-state index contributed by atoms with van der Waals surface area (Å²) < 4.78 is 2.04. The van der Waals surface area contributed by atoms with Crippen LogP contribution in [-0.2, 0) is 19.9 Å². The molecule has 1 aromatic heterocycles. The van der Waals surface area contributed by atoms with Crippen LogP contribution < -0.4 is 5.32 Å². The Hall–Kier alpha value is -1.03. The van der Waals surface area contributed by atoms with Crippen LogP contribution in [-0.4, -0.2) is 22.6 Å². The molecule has 1 heterocycles. The molecular weight excluding hydrogens is 281 g/mol. The molecule has 5 heteroatoms. The maximum atomic E-state index is 6.04. The van der Waals surface area contributed by atoms with E-state index in [0.29, 0.717) is 16.1 Å². The molecule has 19 heavy (non-hydrogen) atoms. The van der Waals surface area contributed by atoms with E-state index in [9.17, 15) is 0 Å². The van der Waals surface area contributed by atoms with Gasteiger partial charge in [0.1, 0.15) is 5.82 Å². The molecule has 3 nitrogen and oxygen atoms in total. The molecule has 0 saturated carbocycles. The molecule has 1 atom stereocenters. The standard InChI is InChI=1S/C14H17Cl2N3/c1-17-11(9-14-18-5-6-19(14)2)7-10-3-4-12(15)13(16)8-10/h3-6,8,11,17H,7,9H2,1-2H3. The largest absolute Gasteiger partial charge is 0.338 e. The fraction of sp³-hybridized carbons (Fsp3) is 0.357. The Kier molecular flexibility index (Phi) is 4.86. The van der Waals surface area contributed by atoms with Crippen molar-refractivity contribution in [1.82, 2.24) is 14.9 Å². The predicted octanol–water partition coefficient (Wildman–Crippen LogP) is 3.10. The minimum Gasteiger partial charge on any atom is -0.338 e. The van der Waals surface area contributed by atoms with Crippen molar-refractivity contribution in [3.63, 3.8) is 0 Å². The maximum absolute atomic E-state index is 6.04. The van der Waals surface area contributed by atoms with Gasteiger partial charge in [-0.1, -0.05) is 29.3 Å². The van der Waals surface area contributed by atoms with E-state index in [-0.39, 0.29) is 0 Å². The van der Waals surface area contributed by atoms with Crippen LogP contribution in [0.15, 0.2) is 30.6 Å². The Labute approximate surface area is 123 Å². The number of benzene rings is 1. The molecule has 102 valence electrons. The van der Waals surface area contributed by atoms with Gasteiger partial charge in [-0.3, -0.25) is 0 Å². The number of nitrogens with zero attached hydrogens (tertiary/aromatic N) is 2. The van der Waals surface area contributed by atoms with Gasteiger partial charge in [0.15, 0.2) is 0 Å². The van der Waals surface area contributed by atoms with Crippen LogP contribution in [0.5, 0.6) is 0 Å². The SMILES string of the molecule is CNC(Cc1ccc(Cl)c(Cl)c1)Cc1nccn1C. The molecule has 1 aromatic carbocycles. The zero-order valence-electron chi connectivity index (χ0n) is 11.0. The lowest BCUT2D eigenvalue weighted by atomic mass is 10.0. The van der Waals surface area contributed by atoms with Gasteiger partial charge in [0.2, 0.25) is 0 Å². The Bertz CT molecular complexity index is 551. The first-order chi connectivity index (χ1) is 9.10. The summed E-state index contributed by atoms with van der Waals surface area (Å²) in [7, 11) is 3.97. The molecule has 0 radical (unpaired) electrons. The third-order valence-corrected chi connectivity index (χ3v) is 3.96. The van der Waals surface area contributed by atoms with Crippen molar-refractivity contribution in [1.29, 1.82) is 0 Å². The van der Waals surface area contributed by atoms with Crippen LogP contribution >= 0.6 is 23.2 Å². The average Bonchev–Trinajstić information content (AvgIpc) is 2.78. The number of hydrogen-bond donors (Lipinski definition) is 1. The van der Waals surface area contributed by atoms with Gasteiger partial charge in [-0.15, -0.1) is 0 Å². The highest BCUT2D eigenvalue weighted by Gasteiger charge is 2.12. The van der Waals surface area contributed by atoms with Crippen LogP contribution in [0.1, 0.15) is 11.4 Å². The van der Waals surface area contributed by atoms with E-state index in [2.05, 4.69) is 10.3 Å². The molecule has 0 aliphatic carbocycles. The van der Waals surface area contributed by atoms with Gasteiger partial charge in [0.25, 0.3) is 0 Å². The second-order valence-corrected chi connectivity index (χ2v) is 5.41. The first-order valence-corrected chi connectivity index (χ1v) is 6.93. The molecular formula is C14H17Cl2N3. The highest BCUT2D eigenvalue weighted by molar-refractivity contribution is 6.42. The molecule has 0 saturated heterocycles. The topological polar surface area (TPSA) is 29.9 Å². The predicted molar refractivity (Wildman–Crippen MR) is 79.9 cm³/mol. The zero-order chi connectivity index (χ0) is 13.8. The summed E-state index contributed by atoms with van der Waals surface area (Å²) in [5, 5.41) is 4.52. The van der Waals surface area contributed by atoms with Crippen molar-refractivity contribution in [2.75, 3.05) is 7.05 Å². The van der Waals surface area contributed by atoms with E-state index in [4.69, 9.17) is 23.2 Å². The second kappa shape index (κ2) is 6.42. The summed E-state index contributed by atoms with van der Waals surface area (Å²) in [6, 6.07) is 6.09. The molecule has 1 unspecified atom stereocenters. The van der Waals surface area contributed by atoms with Crippen molar-refractivity contribution in [3.05, 3.63) is 52.0 Å². The summed E-state index contributed by atoms with van der Waals surface area (Å²) in [5.41, 5.74) is 1.17. The lowest BCUT2D eigenvalue weighted by molar-refractivity contribution is 0.534. The number of aryl methyl sites for hydroxylation is 1. The van der Waals surface area contributed by atoms with E-state index >= 15 is 0 Å². The molecule has 0 fully saturated rings. The Morgan fingerprint density at radius 2 is 2.05 bits per heavy atom. The molecule has 0 spiro atoms. The molecule has 2 rings (SSSR count). The fourth-order valence-electron chi connectivity index (χ4n) is 2.04. The Balaban J connectivity index is 2.06. The summed E-state index contributed by atoms with van der Waals surface area (Å²) in [6.45, 7) is 0. The molecule has 0 amide bonds. The Morgan fingerprint density at radius 1 is 1.26 bits per heavy atom. The first-order valence-electron chi connectivity index (χ1n) is 6.17. The smallest absolute Gasteiger partial charge is 0.109 e. The van der Waals surface area contributed by atoms with E-state index in [0.717, 1.165) is 18.7 Å². The van der Waals surface area contributed by atoms with Gasteiger partial charge in [-0.2, -0.15) is 0 Å². The van der Waals surface area contributed by atoms with Crippen LogP contribution in [0.25, 0.3) is 0 Å². The third-order valence-electron chi connectivity index (χ3n) is 3.22. The maximum Gasteiger partial charge on any atom is 0.109 e. The number of aromatic nitrogens is 2. The summed E-state index contributed by atoms with van der Waals surface area (Å²) in [6.07, 6.45) is 5.54. The van der Waals surface area contributed by atoms with E-state index < -0.39 is 0 Å². The van der Waals surface area contributed by atoms with Crippen LogP contribution in [0.4, 0.5) is 0 Å². The number of imidazole rings is 1. The lowest BCUT2D eigenvalue weighted by Crippen LogP contribution is -2.30. The minimum absolute atomic E-state index is 0.318. The highest BCUT2D eigenvalue weighted by atomic mass is 35.5. The summed E-state index contributed by atoms with van der Waals surface area (Å²) >= 11 is 12.0. The number of nitrogens with one attached hydrogen (secondary N) is 1. The normalized spacial score (nSPS) is 12.6. The van der Waals surface area contributed by atoms with Crippen LogP contribution in [0, 0.1) is 0 Å². The average molecular weight is 298 g/mol. The molecule has 0 aliphatic heterocycles. The first kappa shape index (κ1) is 14.4. The van der Waals surface area contributed by atoms with E-state index in [1.54, 1.807) is 0 Å². The van der Waals surface area contributed by atoms with Crippen molar-refractivity contribution >= 4 is 23.2 Å². The summed E-state index contributed by atoms with van der Waals surface area (Å²) in [5.74, 6) is 1.07. The van der Waals surface area contributed by atoms with Crippen molar-refractivity contribution in [3.8, 4) is 0 Å². The van der Waals surface area contributed by atoms with Gasteiger partial charge < -0.3 is 9.88 Å². The van der Waals surface area contributed by atoms with Gasteiger partial charge in [0, 0.05) is 31.9 Å². The van der Waals surface area contributed by atoms with Gasteiger partial charge in [-0.25, -0.2) is 4.98 Å². The van der Waals surface area contributed by atoms with E-state index in [1.165, 1.54) is 5.56 Å². The fourth-order valence-corrected chi connectivity index (χ4v) is 2.36. The van der Waals surface area contributed by atoms with Crippen molar-refractivity contribution in [2.24, 2.45) is 7.05 Å². The number of rotatable bonds is 5. The molecule has 0 bridgehead atoms. The van der Waals surface area contributed by atoms with Gasteiger partial charge in [0.05, 0.1) is 10.0 Å². The van der Waals surface area contributed by atoms with Crippen molar-refractivity contribution in [2.45, 2.75) is 18.9 Å². The third kappa shape index (κ3) is 3.72. The Morgan fingerprint density at radius 3 is 2.63 bits per heavy atom. The monoisotopic (exact) mass is 297 g/mol.